The Labute approximate surface area is 198 Å². The minimum Gasteiger partial charge on any atom is -0.504 e. The average Bonchev–Trinajstić information content (AvgIpc) is 2.83. The van der Waals surface area contributed by atoms with E-state index in [1.165, 1.54) is 24.3 Å². The molecule has 14 nitrogen and oxygen atoms in total. The van der Waals surface area contributed by atoms with E-state index in [2.05, 4.69) is 5.32 Å². The van der Waals surface area contributed by atoms with Crippen molar-refractivity contribution in [2.75, 3.05) is 19.8 Å². The summed E-state index contributed by atoms with van der Waals surface area (Å²) in [6.07, 6.45) is -11.2. The van der Waals surface area contributed by atoms with Crippen LogP contribution in [0.2, 0.25) is 0 Å². The molecule has 1 aromatic rings. The van der Waals surface area contributed by atoms with E-state index in [1.54, 1.807) is 0 Å². The number of phenols is 2. The lowest BCUT2D eigenvalue weighted by atomic mass is 9.66. The number of rotatable bonds is 6. The van der Waals surface area contributed by atoms with E-state index in [9.17, 15) is 55.9 Å². The van der Waals surface area contributed by atoms with Crippen molar-refractivity contribution in [2.45, 2.75) is 54.1 Å². The molecule has 0 aromatic heterocycles. The molecule has 2 fully saturated rings. The molecular formula is C21H29NO13. The van der Waals surface area contributed by atoms with E-state index in [1.807, 2.05) is 0 Å². The van der Waals surface area contributed by atoms with Crippen LogP contribution in [0.15, 0.2) is 24.3 Å². The first-order chi connectivity index (χ1) is 16.4. The Morgan fingerprint density at radius 2 is 1.71 bits per heavy atom. The van der Waals surface area contributed by atoms with Crippen molar-refractivity contribution in [1.29, 1.82) is 0 Å². The van der Waals surface area contributed by atoms with Crippen LogP contribution in [0.25, 0.3) is 6.08 Å². The van der Waals surface area contributed by atoms with E-state index < -0.39 is 85.5 Å². The maximum Gasteiger partial charge on any atom is 0.246 e. The molecule has 0 saturated carbocycles. The van der Waals surface area contributed by atoms with E-state index in [0.29, 0.717) is 5.56 Å². The molecule has 0 radical (unpaired) electrons. The Morgan fingerprint density at radius 3 is 2.31 bits per heavy atom. The van der Waals surface area contributed by atoms with Crippen LogP contribution in [0.5, 0.6) is 11.5 Å². The van der Waals surface area contributed by atoms with Crippen molar-refractivity contribution in [3.8, 4) is 11.5 Å². The van der Waals surface area contributed by atoms with Crippen LogP contribution in [-0.2, 0) is 14.3 Å². The number of hydrogen-bond donors (Lipinski definition) is 11. The SMILES string of the molecule is O=C(C=Cc1ccc(O)c(O)c1)N[C@@H]1O[C@H](CO)[C@](O)([C@@]2(O)CO[C@H](CO)[C@@H](O)[C@@H]2O)[C@H](O)[C@H]1O. The number of ether oxygens (including phenoxy) is 2. The van der Waals surface area contributed by atoms with Crippen molar-refractivity contribution < 1.29 is 65.3 Å². The van der Waals surface area contributed by atoms with E-state index in [4.69, 9.17) is 9.47 Å². The van der Waals surface area contributed by atoms with E-state index >= 15 is 0 Å². The first kappa shape index (κ1) is 27.2. The fourth-order valence-corrected chi connectivity index (χ4v) is 4.24. The largest absolute Gasteiger partial charge is 0.504 e. The summed E-state index contributed by atoms with van der Waals surface area (Å²) in [5, 5.41) is 104. The fourth-order valence-electron chi connectivity index (χ4n) is 4.24. The van der Waals surface area contributed by atoms with Gasteiger partial charge in [0.05, 0.1) is 19.8 Å². The second kappa shape index (κ2) is 10.3. The number of carbonyl (C=O) groups excluding carboxylic acids is 1. The molecule has 0 aliphatic carbocycles. The number of aliphatic hydroxyl groups excluding tert-OH is 6. The molecular weight excluding hydrogens is 474 g/mol. The van der Waals surface area contributed by atoms with Crippen LogP contribution < -0.4 is 5.32 Å². The van der Waals surface area contributed by atoms with Gasteiger partial charge in [0.1, 0.15) is 36.6 Å². The Kier molecular flexibility index (Phi) is 8.02. The van der Waals surface area contributed by atoms with Crippen molar-refractivity contribution in [3.63, 3.8) is 0 Å². The zero-order chi connectivity index (χ0) is 26.1. The lowest BCUT2D eigenvalue weighted by Gasteiger charge is -2.58. The molecule has 14 heteroatoms. The number of hydrogen-bond acceptors (Lipinski definition) is 13. The van der Waals surface area contributed by atoms with Gasteiger partial charge in [-0.15, -0.1) is 0 Å². The Bertz CT molecular complexity index is 940. The Morgan fingerprint density at radius 1 is 1.03 bits per heavy atom. The van der Waals surface area contributed by atoms with Gasteiger partial charge in [0.25, 0.3) is 0 Å². The third-order valence-corrected chi connectivity index (χ3v) is 6.35. The minimum absolute atomic E-state index is 0.330. The van der Waals surface area contributed by atoms with Gasteiger partial charge in [0, 0.05) is 6.08 Å². The van der Waals surface area contributed by atoms with Crippen molar-refractivity contribution in [1.82, 2.24) is 5.32 Å². The van der Waals surface area contributed by atoms with E-state index in [-0.39, 0.29) is 5.75 Å². The number of amides is 1. The van der Waals surface area contributed by atoms with Crippen LogP contribution in [0.1, 0.15) is 5.56 Å². The maximum absolute atomic E-state index is 12.3. The van der Waals surface area contributed by atoms with E-state index in [0.717, 1.165) is 6.08 Å². The standard InChI is InChI=1S/C21H29NO13/c23-6-12-15(28)17(30)20(32,8-34-12)21(33)13(7-24)35-19(16(29)18(21)31)22-14(27)4-2-9-1-3-10(25)11(26)5-9/h1-5,12-13,15-19,23-26,28-33H,6-8H2,(H,22,27)/t12-,13-,15-,16-,17+,18-,19-,20-,21-/m1/s1. The summed E-state index contributed by atoms with van der Waals surface area (Å²) in [5.74, 6) is -1.65. The summed E-state index contributed by atoms with van der Waals surface area (Å²) in [6.45, 7) is -2.72. The van der Waals surface area contributed by atoms with Gasteiger partial charge in [-0.25, -0.2) is 0 Å². The fraction of sp³-hybridized carbons (Fsp3) is 0.571. The molecule has 1 aromatic carbocycles. The van der Waals surface area contributed by atoms with Crippen molar-refractivity contribution in [3.05, 3.63) is 29.8 Å². The lowest BCUT2D eigenvalue weighted by Crippen LogP contribution is -2.83. The lowest BCUT2D eigenvalue weighted by molar-refractivity contribution is -0.370. The third kappa shape index (κ3) is 4.73. The van der Waals surface area contributed by atoms with Gasteiger partial charge in [-0.05, 0) is 23.8 Å². The first-order valence-corrected chi connectivity index (χ1v) is 10.6. The molecule has 2 aliphatic rings. The zero-order valence-electron chi connectivity index (χ0n) is 18.2. The highest BCUT2D eigenvalue weighted by atomic mass is 16.6. The summed E-state index contributed by atoms with van der Waals surface area (Å²) in [4.78, 5) is 12.3. The molecule has 3 rings (SSSR count). The highest BCUT2D eigenvalue weighted by molar-refractivity contribution is 5.92. The van der Waals surface area contributed by atoms with Crippen LogP contribution >= 0.6 is 0 Å². The molecule has 2 heterocycles. The molecule has 0 unspecified atom stereocenters. The number of benzene rings is 1. The average molecular weight is 503 g/mol. The topological polar surface area (TPSA) is 250 Å². The van der Waals surface area contributed by atoms with Crippen LogP contribution in [0.4, 0.5) is 0 Å². The molecule has 35 heavy (non-hydrogen) atoms. The van der Waals surface area contributed by atoms with Gasteiger partial charge < -0.3 is 65.9 Å². The molecule has 1 amide bonds. The molecule has 0 bridgehead atoms. The van der Waals surface area contributed by atoms with Gasteiger partial charge in [-0.2, -0.15) is 0 Å². The number of nitrogens with one attached hydrogen (secondary N) is 1. The van der Waals surface area contributed by atoms with Crippen molar-refractivity contribution >= 4 is 12.0 Å². The highest BCUT2D eigenvalue weighted by Gasteiger charge is 2.70. The minimum atomic E-state index is -3.00. The second-order valence-electron chi connectivity index (χ2n) is 8.47. The zero-order valence-corrected chi connectivity index (χ0v) is 18.2. The Balaban J connectivity index is 1.78. The smallest absolute Gasteiger partial charge is 0.246 e. The number of phenolic OH excluding ortho intramolecular Hbond substituents is 2. The number of carbonyl (C=O) groups is 1. The molecule has 2 saturated heterocycles. The van der Waals surface area contributed by atoms with Crippen LogP contribution in [0, 0.1) is 0 Å². The number of aliphatic hydroxyl groups is 8. The maximum atomic E-state index is 12.3. The summed E-state index contributed by atoms with van der Waals surface area (Å²) < 4.78 is 10.4. The number of aromatic hydroxyl groups is 2. The van der Waals surface area contributed by atoms with Crippen LogP contribution in [0.3, 0.4) is 0 Å². The van der Waals surface area contributed by atoms with Crippen LogP contribution in [-0.4, -0.2) is 131 Å². The quantitative estimate of drug-likeness (QED) is 0.129. The van der Waals surface area contributed by atoms with Gasteiger partial charge in [0.2, 0.25) is 5.91 Å². The molecule has 11 N–H and O–H groups in total. The summed E-state index contributed by atoms with van der Waals surface area (Å²) in [7, 11) is 0. The van der Waals surface area contributed by atoms with Gasteiger partial charge in [0.15, 0.2) is 28.9 Å². The Hall–Kier alpha value is -2.37. The monoisotopic (exact) mass is 503 g/mol. The predicted molar refractivity (Wildman–Crippen MR) is 113 cm³/mol. The van der Waals surface area contributed by atoms with Crippen molar-refractivity contribution in [2.24, 2.45) is 0 Å². The third-order valence-electron chi connectivity index (χ3n) is 6.35. The molecule has 196 valence electrons. The second-order valence-corrected chi connectivity index (χ2v) is 8.47. The molecule has 9 atom stereocenters. The predicted octanol–water partition coefficient (Wildman–Crippen LogP) is -4.76. The summed E-state index contributed by atoms with van der Waals surface area (Å²) >= 11 is 0. The van der Waals surface area contributed by atoms with Gasteiger partial charge >= 0.3 is 0 Å². The molecule has 2 aliphatic heterocycles. The summed E-state index contributed by atoms with van der Waals surface area (Å²) in [6, 6.07) is 3.76. The van der Waals surface area contributed by atoms with Gasteiger partial charge in [-0.3, -0.25) is 4.79 Å². The van der Waals surface area contributed by atoms with Gasteiger partial charge in [-0.1, -0.05) is 6.07 Å². The highest BCUT2D eigenvalue weighted by Crippen LogP contribution is 2.43. The first-order valence-electron chi connectivity index (χ1n) is 10.6. The molecule has 0 spiro atoms. The normalized spacial score (nSPS) is 40.1. The summed E-state index contributed by atoms with van der Waals surface area (Å²) in [5.41, 5.74) is -5.54.